The summed E-state index contributed by atoms with van der Waals surface area (Å²) in [6, 6.07) is 8.21. The highest BCUT2D eigenvalue weighted by atomic mass is 32.1. The summed E-state index contributed by atoms with van der Waals surface area (Å²) in [6.45, 7) is 2.11. The first kappa shape index (κ1) is 13.1. The van der Waals surface area contributed by atoms with Crippen molar-refractivity contribution in [2.45, 2.75) is 32.4 Å². The number of amides is 1. The monoisotopic (exact) mass is 288 g/mol. The molecule has 2 aromatic rings. The Morgan fingerprint density at radius 2 is 2.15 bits per heavy atom. The Bertz CT molecular complexity index is 698. The fourth-order valence-corrected chi connectivity index (χ4v) is 2.95. The van der Waals surface area contributed by atoms with Crippen molar-refractivity contribution < 1.29 is 4.79 Å². The number of carbonyl (C=O) groups is 1. The van der Waals surface area contributed by atoms with E-state index in [2.05, 4.69) is 5.32 Å². The van der Waals surface area contributed by atoms with E-state index in [4.69, 9.17) is 0 Å². The van der Waals surface area contributed by atoms with Gasteiger partial charge in [-0.05, 0) is 25.3 Å². The van der Waals surface area contributed by atoms with E-state index in [0.717, 1.165) is 41.0 Å². The Hall–Kier alpha value is -1.88. The van der Waals surface area contributed by atoms with Crippen LogP contribution in [0.25, 0.3) is 11.3 Å². The predicted octanol–water partition coefficient (Wildman–Crippen LogP) is 2.16. The van der Waals surface area contributed by atoms with Gasteiger partial charge in [-0.25, -0.2) is 0 Å². The lowest BCUT2D eigenvalue weighted by molar-refractivity contribution is -0.121. The zero-order valence-corrected chi connectivity index (χ0v) is 12.1. The maximum Gasteiger partial charge on any atom is 0.308 e. The van der Waals surface area contributed by atoms with Gasteiger partial charge in [0.15, 0.2) is 0 Å². The Labute approximate surface area is 121 Å². The highest BCUT2D eigenvalue weighted by Crippen LogP contribution is 2.24. The zero-order chi connectivity index (χ0) is 14.1. The molecule has 1 N–H and O–H groups in total. The van der Waals surface area contributed by atoms with Gasteiger partial charge in [-0.1, -0.05) is 35.6 Å². The van der Waals surface area contributed by atoms with Crippen LogP contribution in [0.1, 0.15) is 18.4 Å². The van der Waals surface area contributed by atoms with Gasteiger partial charge in [0.2, 0.25) is 5.91 Å². The molecular weight excluding hydrogens is 272 g/mol. The maximum absolute atomic E-state index is 12.0. The zero-order valence-electron chi connectivity index (χ0n) is 11.3. The molecule has 1 saturated carbocycles. The number of hydrogen-bond donors (Lipinski definition) is 1. The fraction of sp³-hybridized carbons (Fsp3) is 0.333. The Morgan fingerprint density at radius 1 is 1.40 bits per heavy atom. The van der Waals surface area contributed by atoms with Gasteiger partial charge in [-0.3, -0.25) is 14.2 Å². The number of aromatic nitrogens is 1. The summed E-state index contributed by atoms with van der Waals surface area (Å²) >= 11 is 1.14. The Kier molecular flexibility index (Phi) is 3.44. The Balaban J connectivity index is 1.91. The number of benzene rings is 1. The van der Waals surface area contributed by atoms with Crippen LogP contribution < -0.4 is 10.2 Å². The van der Waals surface area contributed by atoms with E-state index in [9.17, 15) is 9.59 Å². The van der Waals surface area contributed by atoms with Crippen molar-refractivity contribution in [2.75, 3.05) is 0 Å². The van der Waals surface area contributed by atoms with Crippen molar-refractivity contribution in [1.29, 1.82) is 0 Å². The van der Waals surface area contributed by atoms with Crippen LogP contribution in [0.5, 0.6) is 0 Å². The number of hydrogen-bond acceptors (Lipinski definition) is 3. The van der Waals surface area contributed by atoms with E-state index in [1.54, 1.807) is 4.57 Å². The van der Waals surface area contributed by atoms with Crippen LogP contribution in [0.4, 0.5) is 0 Å². The topological polar surface area (TPSA) is 51.1 Å². The van der Waals surface area contributed by atoms with Gasteiger partial charge in [0, 0.05) is 17.0 Å². The normalized spacial score (nSPS) is 14.2. The van der Waals surface area contributed by atoms with Crippen molar-refractivity contribution in [2.24, 2.45) is 0 Å². The van der Waals surface area contributed by atoms with Crippen molar-refractivity contribution in [3.8, 4) is 11.3 Å². The molecule has 1 fully saturated rings. The lowest BCUT2D eigenvalue weighted by atomic mass is 10.1. The molecule has 20 heavy (non-hydrogen) atoms. The fourth-order valence-electron chi connectivity index (χ4n) is 2.20. The molecule has 5 heteroatoms. The molecule has 1 aliphatic carbocycles. The highest BCUT2D eigenvalue weighted by molar-refractivity contribution is 7.07. The van der Waals surface area contributed by atoms with Crippen LogP contribution >= 0.6 is 11.3 Å². The second kappa shape index (κ2) is 5.25. The van der Waals surface area contributed by atoms with E-state index in [1.165, 1.54) is 0 Å². The molecule has 0 bridgehead atoms. The number of thiazole rings is 1. The minimum Gasteiger partial charge on any atom is -0.352 e. The van der Waals surface area contributed by atoms with Gasteiger partial charge in [0.05, 0.1) is 5.69 Å². The largest absolute Gasteiger partial charge is 0.352 e. The van der Waals surface area contributed by atoms with E-state index in [1.807, 2.05) is 36.6 Å². The summed E-state index contributed by atoms with van der Waals surface area (Å²) in [7, 11) is 0. The second-order valence-electron chi connectivity index (χ2n) is 5.13. The molecule has 0 spiro atoms. The number of nitrogens with zero attached hydrogens (tertiary/aromatic N) is 1. The third-order valence-corrected chi connectivity index (χ3v) is 4.21. The molecule has 3 rings (SSSR count). The third-order valence-electron chi connectivity index (χ3n) is 3.45. The van der Waals surface area contributed by atoms with Crippen molar-refractivity contribution in [1.82, 2.24) is 9.88 Å². The number of rotatable bonds is 4. The van der Waals surface area contributed by atoms with Crippen LogP contribution in [0.3, 0.4) is 0 Å². The Morgan fingerprint density at radius 3 is 2.85 bits per heavy atom. The van der Waals surface area contributed by atoms with Gasteiger partial charge >= 0.3 is 4.87 Å². The number of carbonyl (C=O) groups excluding carboxylic acids is 1. The molecular formula is C15H16N2O2S. The van der Waals surface area contributed by atoms with Crippen LogP contribution in [0.2, 0.25) is 0 Å². The molecule has 0 saturated heterocycles. The number of aryl methyl sites for hydroxylation is 1. The molecule has 0 radical (unpaired) electrons. The molecule has 0 atom stereocenters. The van der Waals surface area contributed by atoms with Crippen molar-refractivity contribution in [3.05, 3.63) is 44.9 Å². The van der Waals surface area contributed by atoms with E-state index >= 15 is 0 Å². The van der Waals surface area contributed by atoms with E-state index in [0.29, 0.717) is 6.04 Å². The van der Waals surface area contributed by atoms with Gasteiger partial charge in [-0.15, -0.1) is 0 Å². The minimum absolute atomic E-state index is 0.0807. The molecule has 1 aromatic carbocycles. The SMILES string of the molecule is Cc1ccccc1-c1csc(=O)n1CC(=O)NC1CC1. The van der Waals surface area contributed by atoms with E-state index in [-0.39, 0.29) is 17.3 Å². The lowest BCUT2D eigenvalue weighted by Gasteiger charge is -2.10. The van der Waals surface area contributed by atoms with Crippen LogP contribution in [0.15, 0.2) is 34.4 Å². The molecule has 1 heterocycles. The molecule has 1 aromatic heterocycles. The molecule has 4 nitrogen and oxygen atoms in total. The van der Waals surface area contributed by atoms with Gasteiger partial charge in [0.1, 0.15) is 6.54 Å². The molecule has 1 amide bonds. The van der Waals surface area contributed by atoms with Crippen molar-refractivity contribution in [3.63, 3.8) is 0 Å². The third kappa shape index (κ3) is 2.67. The van der Waals surface area contributed by atoms with Gasteiger partial charge in [0.25, 0.3) is 0 Å². The quantitative estimate of drug-likeness (QED) is 0.937. The summed E-state index contributed by atoms with van der Waals surface area (Å²) in [6.07, 6.45) is 2.10. The summed E-state index contributed by atoms with van der Waals surface area (Å²) in [5, 5.41) is 4.75. The summed E-state index contributed by atoms with van der Waals surface area (Å²) in [5.41, 5.74) is 2.93. The smallest absolute Gasteiger partial charge is 0.308 e. The molecule has 0 unspecified atom stereocenters. The lowest BCUT2D eigenvalue weighted by Crippen LogP contribution is -2.32. The molecule has 0 aliphatic heterocycles. The highest BCUT2D eigenvalue weighted by Gasteiger charge is 2.24. The average Bonchev–Trinajstić information content (AvgIpc) is 3.16. The predicted molar refractivity (Wildman–Crippen MR) is 79.9 cm³/mol. The minimum atomic E-state index is -0.0887. The maximum atomic E-state index is 12.0. The van der Waals surface area contributed by atoms with Crippen molar-refractivity contribution >= 4 is 17.2 Å². The first-order valence-corrected chi connectivity index (χ1v) is 7.57. The number of nitrogens with one attached hydrogen (secondary N) is 1. The average molecular weight is 288 g/mol. The van der Waals surface area contributed by atoms with Crippen LogP contribution in [0, 0.1) is 6.92 Å². The first-order valence-electron chi connectivity index (χ1n) is 6.69. The molecule has 1 aliphatic rings. The van der Waals surface area contributed by atoms with Gasteiger partial charge < -0.3 is 5.32 Å². The summed E-state index contributed by atoms with van der Waals surface area (Å²) < 4.78 is 1.56. The van der Waals surface area contributed by atoms with Crippen LogP contribution in [-0.2, 0) is 11.3 Å². The standard InChI is InChI=1S/C15H16N2O2S/c1-10-4-2-3-5-12(10)13-9-20-15(19)17(13)8-14(18)16-11-6-7-11/h2-5,9,11H,6-8H2,1H3,(H,16,18). The van der Waals surface area contributed by atoms with Crippen LogP contribution in [-0.4, -0.2) is 16.5 Å². The summed E-state index contributed by atoms with van der Waals surface area (Å²) in [5.74, 6) is -0.0807. The summed E-state index contributed by atoms with van der Waals surface area (Å²) in [4.78, 5) is 23.8. The molecule has 104 valence electrons. The van der Waals surface area contributed by atoms with Gasteiger partial charge in [-0.2, -0.15) is 0 Å². The first-order chi connectivity index (χ1) is 9.65. The van der Waals surface area contributed by atoms with E-state index < -0.39 is 0 Å². The second-order valence-corrected chi connectivity index (χ2v) is 5.95.